The molecule has 0 amide bonds. The topological polar surface area (TPSA) is 38.7 Å². The van der Waals surface area contributed by atoms with Crippen molar-refractivity contribution in [2.75, 3.05) is 0 Å². The second kappa shape index (κ2) is 8.69. The van der Waals surface area contributed by atoms with E-state index in [0.717, 1.165) is 16.7 Å². The largest absolute Gasteiger partial charge is 0.209 e. The number of aromatic nitrogens is 3. The summed E-state index contributed by atoms with van der Waals surface area (Å²) in [6.45, 7) is 0. The Morgan fingerprint density at radius 1 is 0.429 bits per heavy atom. The molecule has 3 aromatic carbocycles. The summed E-state index contributed by atoms with van der Waals surface area (Å²) in [5.41, 5.74) is 3.17. The second-order valence-electron chi connectivity index (χ2n) is 6.23. The van der Waals surface area contributed by atoms with Crippen LogP contribution in [0.5, 0.6) is 0 Å². The Bertz CT molecular complexity index is 1020. The molecule has 0 saturated heterocycles. The van der Waals surface area contributed by atoms with Crippen LogP contribution in [0.25, 0.3) is 35.7 Å². The summed E-state index contributed by atoms with van der Waals surface area (Å²) >= 11 is 0. The minimum absolute atomic E-state index is 0.630. The molecule has 4 aromatic rings. The summed E-state index contributed by atoms with van der Waals surface area (Å²) in [5.74, 6) is 1.92. The van der Waals surface area contributed by atoms with Crippen LogP contribution < -0.4 is 0 Å². The van der Waals surface area contributed by atoms with Crippen LogP contribution in [-0.4, -0.2) is 15.0 Å². The van der Waals surface area contributed by atoms with Crippen molar-refractivity contribution in [2.24, 2.45) is 0 Å². The number of hydrogen-bond acceptors (Lipinski definition) is 3. The second-order valence-corrected chi connectivity index (χ2v) is 6.23. The maximum Gasteiger partial charge on any atom is 0.164 e. The zero-order valence-electron chi connectivity index (χ0n) is 15.3. The standard InChI is InChI=1S/C25H19N3/c1-4-10-20(11-5-1)16-18-23-26-24(19-17-21-12-6-2-7-13-21)28-25(27-23)22-14-8-3-9-15-22/h1-19H/b18-16+,19-17+. The zero-order valence-corrected chi connectivity index (χ0v) is 15.3. The van der Waals surface area contributed by atoms with Crippen molar-refractivity contribution in [2.45, 2.75) is 0 Å². The van der Waals surface area contributed by atoms with Gasteiger partial charge in [0.05, 0.1) is 0 Å². The predicted octanol–water partition coefficient (Wildman–Crippen LogP) is 5.88. The monoisotopic (exact) mass is 361 g/mol. The van der Waals surface area contributed by atoms with Gasteiger partial charge >= 0.3 is 0 Å². The van der Waals surface area contributed by atoms with Gasteiger partial charge in [0.2, 0.25) is 0 Å². The van der Waals surface area contributed by atoms with Crippen molar-refractivity contribution >= 4 is 24.3 Å². The Morgan fingerprint density at radius 2 is 0.857 bits per heavy atom. The summed E-state index contributed by atoms with van der Waals surface area (Å²) < 4.78 is 0. The van der Waals surface area contributed by atoms with Crippen LogP contribution in [0.2, 0.25) is 0 Å². The van der Waals surface area contributed by atoms with Crippen molar-refractivity contribution in [1.29, 1.82) is 0 Å². The first-order valence-electron chi connectivity index (χ1n) is 9.15. The van der Waals surface area contributed by atoms with Crippen molar-refractivity contribution < 1.29 is 0 Å². The molecule has 0 saturated carbocycles. The Kier molecular flexibility index (Phi) is 5.45. The maximum absolute atomic E-state index is 4.63. The molecule has 0 aliphatic heterocycles. The smallest absolute Gasteiger partial charge is 0.164 e. The molecule has 0 radical (unpaired) electrons. The molecule has 0 atom stereocenters. The average molecular weight is 361 g/mol. The summed E-state index contributed by atoms with van der Waals surface area (Å²) in [7, 11) is 0. The van der Waals surface area contributed by atoms with E-state index in [9.17, 15) is 0 Å². The van der Waals surface area contributed by atoms with Crippen LogP contribution in [0.4, 0.5) is 0 Å². The fourth-order valence-electron chi connectivity index (χ4n) is 2.74. The lowest BCUT2D eigenvalue weighted by Crippen LogP contribution is -1.99. The van der Waals surface area contributed by atoms with Crippen LogP contribution in [0.15, 0.2) is 91.0 Å². The van der Waals surface area contributed by atoms with Crippen molar-refractivity contribution in [3.05, 3.63) is 114 Å². The lowest BCUT2D eigenvalue weighted by molar-refractivity contribution is 1.02. The van der Waals surface area contributed by atoms with Crippen LogP contribution in [-0.2, 0) is 0 Å². The Labute approximate surface area is 164 Å². The highest BCUT2D eigenvalue weighted by molar-refractivity contribution is 5.70. The van der Waals surface area contributed by atoms with Gasteiger partial charge in [-0.3, -0.25) is 0 Å². The lowest BCUT2D eigenvalue weighted by atomic mass is 10.2. The fraction of sp³-hybridized carbons (Fsp3) is 0. The molecule has 0 bridgehead atoms. The molecule has 0 fully saturated rings. The third kappa shape index (κ3) is 4.65. The molecule has 3 heteroatoms. The number of rotatable bonds is 5. The van der Waals surface area contributed by atoms with E-state index in [1.807, 2.05) is 115 Å². The van der Waals surface area contributed by atoms with Crippen LogP contribution >= 0.6 is 0 Å². The number of benzene rings is 3. The van der Waals surface area contributed by atoms with Crippen molar-refractivity contribution in [3.63, 3.8) is 0 Å². The lowest BCUT2D eigenvalue weighted by Gasteiger charge is -2.03. The van der Waals surface area contributed by atoms with Crippen LogP contribution in [0.1, 0.15) is 22.8 Å². The maximum atomic E-state index is 4.63. The van der Waals surface area contributed by atoms with Gasteiger partial charge in [0.25, 0.3) is 0 Å². The molecule has 4 rings (SSSR count). The molecule has 0 unspecified atom stereocenters. The Hall–Kier alpha value is -3.85. The molecule has 0 spiro atoms. The first-order chi connectivity index (χ1) is 13.9. The van der Waals surface area contributed by atoms with E-state index in [-0.39, 0.29) is 0 Å². The highest BCUT2D eigenvalue weighted by atomic mass is 15.0. The highest BCUT2D eigenvalue weighted by Gasteiger charge is 2.05. The van der Waals surface area contributed by atoms with Gasteiger partial charge in [-0.1, -0.05) is 103 Å². The molecule has 0 N–H and O–H groups in total. The molecule has 134 valence electrons. The molecule has 0 aliphatic carbocycles. The molecule has 0 aliphatic rings. The molecule has 28 heavy (non-hydrogen) atoms. The summed E-state index contributed by atoms with van der Waals surface area (Å²) in [4.78, 5) is 13.9. The average Bonchev–Trinajstić information content (AvgIpc) is 2.78. The van der Waals surface area contributed by atoms with Gasteiger partial charge < -0.3 is 0 Å². The minimum atomic E-state index is 0.630. The highest BCUT2D eigenvalue weighted by Crippen LogP contribution is 2.16. The van der Waals surface area contributed by atoms with Gasteiger partial charge in [-0.05, 0) is 23.3 Å². The van der Waals surface area contributed by atoms with E-state index in [1.54, 1.807) is 0 Å². The third-order valence-corrected chi connectivity index (χ3v) is 4.15. The summed E-state index contributed by atoms with van der Waals surface area (Å²) in [6, 6.07) is 30.2. The summed E-state index contributed by atoms with van der Waals surface area (Å²) in [6.07, 6.45) is 7.86. The summed E-state index contributed by atoms with van der Waals surface area (Å²) in [5, 5.41) is 0. The van der Waals surface area contributed by atoms with Crippen molar-refractivity contribution in [3.8, 4) is 11.4 Å². The Morgan fingerprint density at radius 3 is 1.32 bits per heavy atom. The zero-order chi connectivity index (χ0) is 19.0. The van der Waals surface area contributed by atoms with Gasteiger partial charge in [-0.2, -0.15) is 0 Å². The predicted molar refractivity (Wildman–Crippen MR) is 116 cm³/mol. The normalized spacial score (nSPS) is 11.3. The van der Waals surface area contributed by atoms with E-state index in [4.69, 9.17) is 0 Å². The van der Waals surface area contributed by atoms with Crippen LogP contribution in [0.3, 0.4) is 0 Å². The molecular formula is C25H19N3. The van der Waals surface area contributed by atoms with E-state index in [2.05, 4.69) is 15.0 Å². The first-order valence-corrected chi connectivity index (χ1v) is 9.15. The van der Waals surface area contributed by atoms with Gasteiger partial charge in [0.1, 0.15) is 0 Å². The van der Waals surface area contributed by atoms with Crippen LogP contribution in [0, 0.1) is 0 Å². The van der Waals surface area contributed by atoms with E-state index >= 15 is 0 Å². The van der Waals surface area contributed by atoms with Gasteiger partial charge in [-0.25, -0.2) is 15.0 Å². The Balaban J connectivity index is 1.71. The first kappa shape index (κ1) is 17.6. The molecule has 3 nitrogen and oxygen atoms in total. The van der Waals surface area contributed by atoms with E-state index in [1.165, 1.54) is 0 Å². The van der Waals surface area contributed by atoms with E-state index < -0.39 is 0 Å². The van der Waals surface area contributed by atoms with Crippen molar-refractivity contribution in [1.82, 2.24) is 15.0 Å². The number of hydrogen-bond donors (Lipinski definition) is 0. The van der Waals surface area contributed by atoms with E-state index in [0.29, 0.717) is 17.5 Å². The molecule has 1 aromatic heterocycles. The SMILES string of the molecule is C(=C\c1nc(/C=C/c2ccccc2)nc(-c2ccccc2)n1)/c1ccccc1. The quantitative estimate of drug-likeness (QED) is 0.445. The van der Waals surface area contributed by atoms with Gasteiger partial charge in [0.15, 0.2) is 17.5 Å². The third-order valence-electron chi connectivity index (χ3n) is 4.15. The van der Waals surface area contributed by atoms with Gasteiger partial charge in [0, 0.05) is 5.56 Å². The molecule has 1 heterocycles. The fourth-order valence-corrected chi connectivity index (χ4v) is 2.74. The minimum Gasteiger partial charge on any atom is -0.209 e. The van der Waals surface area contributed by atoms with Gasteiger partial charge in [-0.15, -0.1) is 0 Å². The molecular weight excluding hydrogens is 342 g/mol. The number of nitrogens with zero attached hydrogens (tertiary/aromatic N) is 3.